The molecular weight excluding hydrogens is 232 g/mol. The summed E-state index contributed by atoms with van der Waals surface area (Å²) in [5.74, 6) is 1.88. The van der Waals surface area contributed by atoms with Gasteiger partial charge in [0.2, 0.25) is 0 Å². The Morgan fingerprint density at radius 2 is 1.05 bits per heavy atom. The van der Waals surface area contributed by atoms with Crippen LogP contribution in [0.2, 0.25) is 0 Å². The molecule has 0 N–H and O–H groups in total. The molecule has 1 nitrogen and oxygen atoms in total. The van der Waals surface area contributed by atoms with Crippen LogP contribution in [0.4, 0.5) is 0 Å². The summed E-state index contributed by atoms with van der Waals surface area (Å²) < 4.78 is 12.9. The average Bonchev–Trinajstić information content (AvgIpc) is 2.92. The fourth-order valence-corrected chi connectivity index (χ4v) is 5.57. The Balaban J connectivity index is 2.17. The molecule has 0 amide bonds. The van der Waals surface area contributed by atoms with Crippen molar-refractivity contribution in [3.8, 4) is 0 Å². The largest absolute Gasteiger partial charge is 0.408 e. The van der Waals surface area contributed by atoms with Gasteiger partial charge in [-0.1, -0.05) is 41.5 Å². The maximum atomic E-state index is 8.88. The standard InChI is InChI=1S/C18H33O/c1-13(2)16-7-9-17(14(3)4)11-12-18(10-8-16,15(5)6)19(16)17/h13-15H,7-12H2,1-6H3/q+1/t16-,17+,18-/i7D/t7-,16+,17-,18+/m0/s1. The zero-order valence-corrected chi connectivity index (χ0v) is 13.8. The SMILES string of the molecule is [2H][C@H]1C[C@@]2(C(C)C)CC[C@@]3(C(C)C)CC[C@]1(C(C)C)[O+]32. The number of hydrogen-bond donors (Lipinski definition) is 0. The van der Waals surface area contributed by atoms with Crippen LogP contribution in [0.5, 0.6) is 0 Å². The third-order valence-corrected chi connectivity index (χ3v) is 6.98. The molecular formula is C18H33O+. The van der Waals surface area contributed by atoms with E-state index in [1.54, 1.807) is 0 Å². The molecule has 110 valence electrons. The van der Waals surface area contributed by atoms with Crippen molar-refractivity contribution < 1.29 is 5.74 Å². The first-order chi connectivity index (χ1) is 9.24. The fourth-order valence-electron chi connectivity index (χ4n) is 5.57. The summed E-state index contributed by atoms with van der Waals surface area (Å²) in [7, 11) is 0. The molecule has 0 aliphatic carbocycles. The van der Waals surface area contributed by atoms with E-state index in [0.717, 1.165) is 6.42 Å². The monoisotopic (exact) mass is 266 g/mol. The van der Waals surface area contributed by atoms with Gasteiger partial charge in [-0.2, -0.15) is 0 Å². The Hall–Kier alpha value is -0.0400. The van der Waals surface area contributed by atoms with E-state index < -0.39 is 0 Å². The van der Waals surface area contributed by atoms with Crippen molar-refractivity contribution in [1.82, 2.24) is 0 Å². The highest BCUT2D eigenvalue weighted by molar-refractivity contribution is 5.18. The molecule has 0 radical (unpaired) electrons. The Morgan fingerprint density at radius 3 is 1.47 bits per heavy atom. The van der Waals surface area contributed by atoms with E-state index in [0.29, 0.717) is 23.4 Å². The van der Waals surface area contributed by atoms with Crippen LogP contribution in [0.15, 0.2) is 0 Å². The highest BCUT2D eigenvalue weighted by Crippen LogP contribution is 2.71. The van der Waals surface area contributed by atoms with E-state index in [9.17, 15) is 0 Å². The molecule has 0 spiro atoms. The summed E-state index contributed by atoms with van der Waals surface area (Å²) >= 11 is 0. The van der Waals surface area contributed by atoms with Gasteiger partial charge in [0.1, 0.15) is 0 Å². The zero-order chi connectivity index (χ0) is 14.9. The van der Waals surface area contributed by atoms with Crippen LogP contribution >= 0.6 is 0 Å². The summed E-state index contributed by atoms with van der Waals surface area (Å²) in [5.41, 5.74) is 0.618. The van der Waals surface area contributed by atoms with Gasteiger partial charge in [0.25, 0.3) is 0 Å². The first-order valence-electron chi connectivity index (χ1n) is 8.98. The predicted octanol–water partition coefficient (Wildman–Crippen LogP) is 5.10. The van der Waals surface area contributed by atoms with Crippen LogP contribution in [0.3, 0.4) is 0 Å². The third kappa shape index (κ3) is 1.41. The third-order valence-electron chi connectivity index (χ3n) is 6.98. The Morgan fingerprint density at radius 1 is 0.684 bits per heavy atom. The molecule has 0 unspecified atom stereocenters. The van der Waals surface area contributed by atoms with Crippen LogP contribution in [0, 0.1) is 17.8 Å². The topological polar surface area (TPSA) is 2.70 Å². The molecule has 3 aliphatic rings. The first kappa shape index (κ1) is 12.7. The minimum Gasteiger partial charge on any atom is -0.408 e. The van der Waals surface area contributed by atoms with Gasteiger partial charge in [-0.05, 0) is 0 Å². The highest BCUT2D eigenvalue weighted by Gasteiger charge is 2.77. The zero-order valence-electron chi connectivity index (χ0n) is 14.8. The predicted molar refractivity (Wildman–Crippen MR) is 81.5 cm³/mol. The molecule has 3 heterocycles. The van der Waals surface area contributed by atoms with E-state index in [1.165, 1.54) is 25.7 Å². The average molecular weight is 266 g/mol. The maximum Gasteiger partial charge on any atom is 0.169 e. The molecule has 0 aromatic rings. The van der Waals surface area contributed by atoms with E-state index in [1.807, 2.05) is 0 Å². The quantitative estimate of drug-likeness (QED) is 0.625. The molecule has 0 saturated carbocycles. The highest BCUT2D eigenvalue weighted by atomic mass is 16.8. The Kier molecular flexibility index (Phi) is 2.67. The van der Waals surface area contributed by atoms with E-state index in [2.05, 4.69) is 45.9 Å². The summed E-state index contributed by atoms with van der Waals surface area (Å²) in [6.45, 7) is 14.3. The summed E-state index contributed by atoms with van der Waals surface area (Å²) in [4.78, 5) is 0. The van der Waals surface area contributed by atoms with Crippen LogP contribution in [-0.2, 0) is 4.37 Å². The van der Waals surface area contributed by atoms with Gasteiger partial charge in [-0.25, -0.2) is 0 Å². The van der Waals surface area contributed by atoms with Gasteiger partial charge in [-0.15, -0.1) is 0 Å². The molecule has 1 heteroatoms. The molecule has 19 heavy (non-hydrogen) atoms. The Labute approximate surface area is 121 Å². The minimum atomic E-state index is 0.0744. The molecule has 3 saturated heterocycles. The smallest absolute Gasteiger partial charge is 0.169 e. The van der Waals surface area contributed by atoms with Crippen LogP contribution in [-0.4, -0.2) is 16.8 Å². The van der Waals surface area contributed by atoms with Crippen molar-refractivity contribution in [1.29, 1.82) is 0 Å². The molecule has 3 rings (SSSR count). The number of hydrogen-bond acceptors (Lipinski definition) is 0. The van der Waals surface area contributed by atoms with Crippen molar-refractivity contribution in [3.63, 3.8) is 0 Å². The normalized spacial score (nSPS) is 50.6. The molecule has 4 atom stereocenters. The van der Waals surface area contributed by atoms with Crippen molar-refractivity contribution >= 4 is 0 Å². The Bertz CT molecular complexity index is 404. The van der Waals surface area contributed by atoms with Crippen molar-refractivity contribution in [2.24, 2.45) is 17.8 Å². The maximum absolute atomic E-state index is 8.88. The van der Waals surface area contributed by atoms with Gasteiger partial charge in [0.05, 0.1) is 0 Å². The molecule has 0 aromatic heterocycles. The minimum absolute atomic E-state index is 0.0744. The lowest BCUT2D eigenvalue weighted by Crippen LogP contribution is -2.53. The molecule has 0 aromatic carbocycles. The van der Waals surface area contributed by atoms with Gasteiger partial charge in [0, 0.05) is 57.6 Å². The van der Waals surface area contributed by atoms with Gasteiger partial charge in [-0.3, -0.25) is 0 Å². The summed E-state index contributed by atoms with van der Waals surface area (Å²) in [5, 5.41) is 0. The fraction of sp³-hybridized carbons (Fsp3) is 1.00. The van der Waals surface area contributed by atoms with Crippen LogP contribution in [0.1, 0.15) is 81.4 Å². The van der Waals surface area contributed by atoms with Crippen LogP contribution in [0.25, 0.3) is 0 Å². The lowest BCUT2D eigenvalue weighted by Gasteiger charge is -2.46. The van der Waals surface area contributed by atoms with Gasteiger partial charge < -0.3 is 4.37 Å². The molecule has 0 bridgehead atoms. The van der Waals surface area contributed by atoms with Crippen molar-refractivity contribution in [2.75, 3.05) is 0 Å². The van der Waals surface area contributed by atoms with Crippen molar-refractivity contribution in [2.45, 2.75) is 96.8 Å². The first-order valence-corrected chi connectivity index (χ1v) is 8.41. The summed E-state index contributed by atoms with van der Waals surface area (Å²) in [6, 6.07) is 0. The van der Waals surface area contributed by atoms with E-state index in [4.69, 9.17) is 1.37 Å². The second-order valence-electron chi connectivity index (χ2n) is 8.26. The summed E-state index contributed by atoms with van der Waals surface area (Å²) in [6.07, 6.45) is 6.28. The van der Waals surface area contributed by atoms with Crippen LogP contribution < -0.4 is 0 Å². The second-order valence-corrected chi connectivity index (χ2v) is 8.26. The van der Waals surface area contributed by atoms with Crippen molar-refractivity contribution in [3.05, 3.63) is 0 Å². The van der Waals surface area contributed by atoms with Gasteiger partial charge in [0.15, 0.2) is 16.8 Å². The molecule has 3 fully saturated rings. The lowest BCUT2D eigenvalue weighted by atomic mass is 9.82. The van der Waals surface area contributed by atoms with E-state index >= 15 is 0 Å². The second kappa shape index (κ2) is 4.00. The lowest BCUT2D eigenvalue weighted by molar-refractivity contribution is -0.352. The molecule has 3 aliphatic heterocycles. The van der Waals surface area contributed by atoms with Gasteiger partial charge >= 0.3 is 0 Å². The number of rotatable bonds is 3. The van der Waals surface area contributed by atoms with E-state index in [-0.39, 0.29) is 17.6 Å².